The third kappa shape index (κ3) is 4.90. The minimum atomic E-state index is -3.03. The Morgan fingerprint density at radius 3 is 2.33 bits per heavy atom. The van der Waals surface area contributed by atoms with Crippen LogP contribution in [0, 0.1) is 0 Å². The second-order valence-electron chi connectivity index (χ2n) is 9.31. The molecular weight excluding hydrogens is 454 g/mol. The highest BCUT2D eigenvalue weighted by Crippen LogP contribution is 2.42. The number of benzene rings is 3. The van der Waals surface area contributed by atoms with Crippen LogP contribution in [-0.2, 0) is 22.0 Å². The molecule has 0 saturated carbocycles. The topological polar surface area (TPSA) is 46.6 Å². The molecule has 172 valence electrons. The molecule has 5 rings (SSSR count). The van der Waals surface area contributed by atoms with E-state index in [-0.39, 0.29) is 11.4 Å². The molecule has 33 heavy (non-hydrogen) atoms. The molecule has 4 nitrogen and oxygen atoms in total. The van der Waals surface area contributed by atoms with Crippen LogP contribution in [0.15, 0.2) is 66.7 Å². The molecule has 2 aliphatic heterocycles. The van der Waals surface area contributed by atoms with Gasteiger partial charge in [-0.3, -0.25) is 0 Å². The SMILES string of the molecule is CS(=O)(=O)Cc1ccc(-c2ccc3c(c2)CCC2(CCN(c4ccccc4Cl)CC2)O3)cc1. The molecule has 1 fully saturated rings. The number of fused-ring (bicyclic) bond motifs is 1. The number of halogens is 1. The van der Waals surface area contributed by atoms with E-state index in [1.807, 2.05) is 42.5 Å². The van der Waals surface area contributed by atoms with Gasteiger partial charge in [-0.15, -0.1) is 0 Å². The van der Waals surface area contributed by atoms with Crippen LogP contribution in [0.25, 0.3) is 11.1 Å². The Morgan fingerprint density at radius 1 is 0.939 bits per heavy atom. The first-order valence-corrected chi connectivity index (χ1v) is 13.8. The van der Waals surface area contributed by atoms with Gasteiger partial charge in [0.15, 0.2) is 9.84 Å². The highest BCUT2D eigenvalue weighted by atomic mass is 35.5. The van der Waals surface area contributed by atoms with Gasteiger partial charge in [-0.2, -0.15) is 0 Å². The number of aryl methyl sites for hydroxylation is 1. The number of sulfone groups is 1. The van der Waals surface area contributed by atoms with Crippen LogP contribution in [0.5, 0.6) is 5.75 Å². The van der Waals surface area contributed by atoms with Gasteiger partial charge in [0.2, 0.25) is 0 Å². The fourth-order valence-corrected chi connectivity index (χ4v) is 6.07. The Hall–Kier alpha value is -2.50. The zero-order valence-electron chi connectivity index (χ0n) is 18.8. The Labute approximate surface area is 201 Å². The van der Waals surface area contributed by atoms with Crippen LogP contribution in [-0.4, -0.2) is 33.4 Å². The first kappa shape index (κ1) is 22.3. The van der Waals surface area contributed by atoms with Crippen LogP contribution < -0.4 is 9.64 Å². The molecule has 0 unspecified atom stereocenters. The molecule has 0 radical (unpaired) electrons. The number of nitrogens with zero attached hydrogens (tertiary/aromatic N) is 1. The maximum Gasteiger partial charge on any atom is 0.151 e. The number of rotatable bonds is 4. The predicted octanol–water partition coefficient (Wildman–Crippen LogP) is 5.92. The third-order valence-electron chi connectivity index (χ3n) is 6.82. The molecule has 1 saturated heterocycles. The van der Waals surface area contributed by atoms with E-state index in [0.29, 0.717) is 0 Å². The molecule has 0 aliphatic carbocycles. The molecule has 0 N–H and O–H groups in total. The average Bonchev–Trinajstić information content (AvgIpc) is 2.79. The summed E-state index contributed by atoms with van der Waals surface area (Å²) in [7, 11) is -3.03. The average molecular weight is 482 g/mol. The zero-order valence-corrected chi connectivity index (χ0v) is 20.3. The molecule has 2 heterocycles. The number of hydrogen-bond acceptors (Lipinski definition) is 4. The summed E-state index contributed by atoms with van der Waals surface area (Å²) < 4.78 is 29.7. The van der Waals surface area contributed by atoms with E-state index >= 15 is 0 Å². The first-order chi connectivity index (χ1) is 15.8. The summed E-state index contributed by atoms with van der Waals surface area (Å²) in [6.45, 7) is 1.88. The molecule has 3 aromatic carbocycles. The first-order valence-electron chi connectivity index (χ1n) is 11.4. The van der Waals surface area contributed by atoms with E-state index in [4.69, 9.17) is 16.3 Å². The van der Waals surface area contributed by atoms with Crippen molar-refractivity contribution < 1.29 is 13.2 Å². The van der Waals surface area contributed by atoms with Crippen molar-refractivity contribution in [3.8, 4) is 16.9 Å². The molecule has 6 heteroatoms. The summed E-state index contributed by atoms with van der Waals surface area (Å²) >= 11 is 6.40. The summed E-state index contributed by atoms with van der Waals surface area (Å²) in [5.41, 5.74) is 5.28. The highest BCUT2D eigenvalue weighted by molar-refractivity contribution is 7.89. The van der Waals surface area contributed by atoms with Crippen LogP contribution in [0.3, 0.4) is 0 Å². The van der Waals surface area contributed by atoms with Gasteiger partial charge in [0.1, 0.15) is 11.4 Å². The van der Waals surface area contributed by atoms with Crippen molar-refractivity contribution in [3.63, 3.8) is 0 Å². The monoisotopic (exact) mass is 481 g/mol. The molecule has 0 amide bonds. The van der Waals surface area contributed by atoms with Gasteiger partial charge in [0.05, 0.1) is 16.5 Å². The standard InChI is InChI=1S/C27H28ClNO3S/c1-33(30,31)19-20-6-8-21(9-7-20)22-10-11-26-23(18-22)12-13-27(32-26)14-16-29(17-15-27)25-5-3-2-4-24(25)28/h2-11,18H,12-17,19H2,1H3. The second-order valence-corrected chi connectivity index (χ2v) is 11.9. The highest BCUT2D eigenvalue weighted by Gasteiger charge is 2.39. The van der Waals surface area contributed by atoms with Crippen molar-refractivity contribution in [2.24, 2.45) is 0 Å². The van der Waals surface area contributed by atoms with E-state index in [2.05, 4.69) is 29.2 Å². The molecule has 0 aromatic heterocycles. The van der Waals surface area contributed by atoms with E-state index in [9.17, 15) is 8.42 Å². The van der Waals surface area contributed by atoms with Crippen LogP contribution >= 0.6 is 11.6 Å². The van der Waals surface area contributed by atoms with Gasteiger partial charge < -0.3 is 9.64 Å². The van der Waals surface area contributed by atoms with Gasteiger partial charge in [-0.1, -0.05) is 54.1 Å². The smallest absolute Gasteiger partial charge is 0.151 e. The van der Waals surface area contributed by atoms with Crippen molar-refractivity contribution >= 4 is 27.1 Å². The van der Waals surface area contributed by atoms with Gasteiger partial charge in [0, 0.05) is 32.2 Å². The summed E-state index contributed by atoms with van der Waals surface area (Å²) in [6, 6.07) is 22.2. The quantitative estimate of drug-likeness (QED) is 0.464. The predicted molar refractivity (Wildman–Crippen MR) is 135 cm³/mol. The Bertz CT molecular complexity index is 1260. The van der Waals surface area contributed by atoms with Gasteiger partial charge in [0.25, 0.3) is 0 Å². The molecular formula is C27H28ClNO3S. The Balaban J connectivity index is 1.28. The maximum atomic E-state index is 11.5. The minimum absolute atomic E-state index is 0.0707. The third-order valence-corrected chi connectivity index (χ3v) is 8.00. The van der Waals surface area contributed by atoms with Gasteiger partial charge in [-0.05, 0) is 59.4 Å². The fraction of sp³-hybridized carbons (Fsp3) is 0.333. The molecule has 3 aromatic rings. The summed E-state index contributed by atoms with van der Waals surface area (Å²) in [6.07, 6.45) is 5.26. The largest absolute Gasteiger partial charge is 0.487 e. The molecule has 0 atom stereocenters. The number of ether oxygens (including phenoxy) is 1. The van der Waals surface area contributed by atoms with Crippen molar-refractivity contribution in [2.45, 2.75) is 37.0 Å². The lowest BCUT2D eigenvalue weighted by Gasteiger charge is -2.45. The van der Waals surface area contributed by atoms with E-state index in [0.717, 1.165) is 71.9 Å². The van der Waals surface area contributed by atoms with Crippen LogP contribution in [0.1, 0.15) is 30.4 Å². The lowest BCUT2D eigenvalue weighted by atomic mass is 9.82. The lowest BCUT2D eigenvalue weighted by molar-refractivity contribution is 0.0226. The van der Waals surface area contributed by atoms with Crippen molar-refractivity contribution in [2.75, 3.05) is 24.2 Å². The summed E-state index contributed by atoms with van der Waals surface area (Å²) in [4.78, 5) is 2.36. The van der Waals surface area contributed by atoms with Crippen molar-refractivity contribution in [3.05, 3.63) is 82.9 Å². The van der Waals surface area contributed by atoms with E-state index in [1.54, 1.807) is 0 Å². The Kier molecular flexibility index (Phi) is 5.87. The second kappa shape index (κ2) is 8.69. The van der Waals surface area contributed by atoms with E-state index < -0.39 is 9.84 Å². The lowest BCUT2D eigenvalue weighted by Crippen LogP contribution is -2.49. The van der Waals surface area contributed by atoms with Crippen LogP contribution in [0.2, 0.25) is 5.02 Å². The molecule has 0 bridgehead atoms. The van der Waals surface area contributed by atoms with E-state index in [1.165, 1.54) is 11.8 Å². The summed E-state index contributed by atoms with van der Waals surface area (Å²) in [5.74, 6) is 1.06. The van der Waals surface area contributed by atoms with Crippen molar-refractivity contribution in [1.29, 1.82) is 0 Å². The number of hydrogen-bond donors (Lipinski definition) is 0. The number of para-hydroxylation sites is 1. The Morgan fingerprint density at radius 2 is 1.64 bits per heavy atom. The minimum Gasteiger partial charge on any atom is -0.487 e. The normalized spacial score (nSPS) is 17.5. The van der Waals surface area contributed by atoms with Gasteiger partial charge >= 0.3 is 0 Å². The van der Waals surface area contributed by atoms with Gasteiger partial charge in [-0.25, -0.2) is 8.42 Å². The van der Waals surface area contributed by atoms with Crippen LogP contribution in [0.4, 0.5) is 5.69 Å². The van der Waals surface area contributed by atoms with Crippen molar-refractivity contribution in [1.82, 2.24) is 0 Å². The number of anilines is 1. The summed E-state index contributed by atoms with van der Waals surface area (Å²) in [5, 5.41) is 0.806. The maximum absolute atomic E-state index is 11.5. The zero-order chi connectivity index (χ0) is 23.1. The molecule has 2 aliphatic rings. The fourth-order valence-electron chi connectivity index (χ4n) is 5.01. The molecule has 1 spiro atoms. The number of piperidine rings is 1.